The van der Waals surface area contributed by atoms with Crippen LogP contribution in [0, 0.1) is 5.41 Å². The number of hydrogen-bond acceptors (Lipinski definition) is 2. The molecule has 1 amide bonds. The molecule has 0 aromatic carbocycles. The van der Waals surface area contributed by atoms with Crippen LogP contribution in [-0.4, -0.2) is 36.5 Å². The van der Waals surface area contributed by atoms with Gasteiger partial charge in [-0.25, -0.2) is 0 Å². The van der Waals surface area contributed by atoms with Gasteiger partial charge < -0.3 is 10.2 Å². The minimum absolute atomic E-state index is 0.383. The Labute approximate surface area is 79.5 Å². The lowest BCUT2D eigenvalue weighted by molar-refractivity contribution is -0.115. The first-order valence-corrected chi connectivity index (χ1v) is 5.02. The summed E-state index contributed by atoms with van der Waals surface area (Å²) in [6.07, 6.45) is 3.42. The van der Waals surface area contributed by atoms with Gasteiger partial charge in [-0.1, -0.05) is 6.92 Å². The third kappa shape index (κ3) is 1.17. The topological polar surface area (TPSA) is 32.1 Å². The summed E-state index contributed by atoms with van der Waals surface area (Å²) in [5.41, 5.74) is 0.383. The normalized spacial score (nSPS) is 48.5. The molecule has 2 rings (SSSR count). The molecule has 2 aliphatic rings. The van der Waals surface area contributed by atoms with E-state index >= 15 is 0 Å². The summed E-state index contributed by atoms with van der Waals surface area (Å²) in [5, 5.41) is 3.28. The number of amides is 1. The van der Waals surface area contributed by atoms with Crippen LogP contribution in [0.4, 0.5) is 0 Å². The van der Waals surface area contributed by atoms with Crippen molar-refractivity contribution in [2.24, 2.45) is 5.41 Å². The van der Waals surface area contributed by atoms with Gasteiger partial charge in [-0.2, -0.15) is 0 Å². The molecule has 13 heavy (non-hydrogen) atoms. The van der Waals surface area contributed by atoms with Crippen LogP contribution in [0.25, 0.3) is 0 Å². The molecule has 0 radical (unpaired) electrons. The van der Waals surface area contributed by atoms with Crippen molar-refractivity contribution in [3.8, 4) is 0 Å². The summed E-state index contributed by atoms with van der Waals surface area (Å²) in [5.74, 6) is 0. The van der Waals surface area contributed by atoms with Gasteiger partial charge >= 0.3 is 0 Å². The van der Waals surface area contributed by atoms with E-state index in [9.17, 15) is 4.79 Å². The van der Waals surface area contributed by atoms with Gasteiger partial charge in [0.25, 0.3) is 0 Å². The second-order valence-electron chi connectivity index (χ2n) is 4.79. The Morgan fingerprint density at radius 1 is 1.54 bits per heavy atom. The summed E-state index contributed by atoms with van der Waals surface area (Å²) in [7, 11) is 2.01. The Balaban J connectivity index is 1.93. The largest absolute Gasteiger partial charge is 0.335 e. The molecule has 1 heterocycles. The van der Waals surface area contributed by atoms with Crippen LogP contribution in [0.3, 0.4) is 0 Å². The van der Waals surface area contributed by atoms with Gasteiger partial charge in [0.05, 0.1) is 6.04 Å². The highest BCUT2D eigenvalue weighted by atomic mass is 16.1. The number of nitrogens with one attached hydrogen (secondary N) is 1. The molecule has 0 aromatic rings. The van der Waals surface area contributed by atoms with Crippen LogP contribution in [0.5, 0.6) is 0 Å². The Morgan fingerprint density at radius 2 is 2.15 bits per heavy atom. The second kappa shape index (κ2) is 2.71. The fourth-order valence-corrected chi connectivity index (χ4v) is 2.99. The fraction of sp³-hybridized carbons (Fsp3) is 0.900. The molecule has 3 heteroatoms. The SMILES string of the molecule is CNC1CC(C)(C2C(C)N2C=O)C1. The van der Waals surface area contributed by atoms with Crippen LogP contribution in [-0.2, 0) is 4.79 Å². The van der Waals surface area contributed by atoms with Crippen molar-refractivity contribution in [2.45, 2.75) is 44.8 Å². The summed E-state index contributed by atoms with van der Waals surface area (Å²) < 4.78 is 0. The summed E-state index contributed by atoms with van der Waals surface area (Å²) >= 11 is 0. The van der Waals surface area contributed by atoms with E-state index in [0.29, 0.717) is 23.5 Å². The molecule has 2 atom stereocenters. The third-order valence-corrected chi connectivity index (χ3v) is 3.83. The van der Waals surface area contributed by atoms with Gasteiger partial charge in [-0.3, -0.25) is 4.79 Å². The first kappa shape index (κ1) is 9.00. The third-order valence-electron chi connectivity index (χ3n) is 3.83. The Bertz CT molecular complexity index is 223. The summed E-state index contributed by atoms with van der Waals surface area (Å²) in [6.45, 7) is 4.43. The lowest BCUT2D eigenvalue weighted by Gasteiger charge is -2.45. The van der Waals surface area contributed by atoms with E-state index in [2.05, 4.69) is 19.2 Å². The molecule has 2 fully saturated rings. The molecular formula is C10H18N2O. The molecule has 2 unspecified atom stereocenters. The van der Waals surface area contributed by atoms with Gasteiger partial charge in [0.2, 0.25) is 6.41 Å². The van der Waals surface area contributed by atoms with Crippen molar-refractivity contribution in [1.29, 1.82) is 0 Å². The van der Waals surface area contributed by atoms with Gasteiger partial charge in [-0.05, 0) is 32.2 Å². The molecule has 1 aliphatic heterocycles. The Morgan fingerprint density at radius 3 is 2.54 bits per heavy atom. The Hall–Kier alpha value is -0.570. The van der Waals surface area contributed by atoms with Crippen molar-refractivity contribution in [1.82, 2.24) is 10.2 Å². The van der Waals surface area contributed by atoms with E-state index in [-0.39, 0.29) is 0 Å². The first-order chi connectivity index (χ1) is 6.12. The molecule has 1 N–H and O–H groups in total. The van der Waals surface area contributed by atoms with E-state index in [1.54, 1.807) is 0 Å². The minimum Gasteiger partial charge on any atom is -0.335 e. The molecule has 1 saturated heterocycles. The van der Waals surface area contributed by atoms with E-state index in [1.807, 2.05) is 11.9 Å². The van der Waals surface area contributed by atoms with Crippen LogP contribution in [0.1, 0.15) is 26.7 Å². The first-order valence-electron chi connectivity index (χ1n) is 5.02. The highest BCUT2D eigenvalue weighted by molar-refractivity contribution is 5.54. The van der Waals surface area contributed by atoms with Crippen molar-refractivity contribution in [3.05, 3.63) is 0 Å². The number of rotatable bonds is 3. The van der Waals surface area contributed by atoms with Gasteiger partial charge in [0.1, 0.15) is 0 Å². The average molecular weight is 182 g/mol. The van der Waals surface area contributed by atoms with Gasteiger partial charge in [0.15, 0.2) is 0 Å². The van der Waals surface area contributed by atoms with Crippen LogP contribution < -0.4 is 5.32 Å². The summed E-state index contributed by atoms with van der Waals surface area (Å²) in [4.78, 5) is 12.6. The quantitative estimate of drug-likeness (QED) is 0.512. The number of hydrogen-bond donors (Lipinski definition) is 1. The van der Waals surface area contributed by atoms with E-state index in [4.69, 9.17) is 0 Å². The highest BCUT2D eigenvalue weighted by Crippen LogP contribution is 2.52. The molecule has 1 aliphatic carbocycles. The van der Waals surface area contributed by atoms with Gasteiger partial charge in [0, 0.05) is 12.1 Å². The molecule has 1 saturated carbocycles. The lowest BCUT2D eigenvalue weighted by Crippen LogP contribution is -2.49. The molecule has 0 aromatic heterocycles. The fourth-order valence-electron chi connectivity index (χ4n) is 2.99. The van der Waals surface area contributed by atoms with E-state index in [1.165, 1.54) is 12.8 Å². The molecule has 0 bridgehead atoms. The highest BCUT2D eigenvalue weighted by Gasteiger charge is 2.59. The standard InChI is InChI=1S/C10H18N2O/c1-7-9(12(7)6-13)10(2)4-8(5-10)11-3/h6-9,11H,4-5H2,1-3H3. The number of carbonyl (C=O) groups is 1. The van der Waals surface area contributed by atoms with Gasteiger partial charge in [-0.15, -0.1) is 0 Å². The maximum absolute atomic E-state index is 10.6. The van der Waals surface area contributed by atoms with Crippen LogP contribution in [0.2, 0.25) is 0 Å². The van der Waals surface area contributed by atoms with Crippen molar-refractivity contribution in [3.63, 3.8) is 0 Å². The maximum atomic E-state index is 10.6. The van der Waals surface area contributed by atoms with Crippen molar-refractivity contribution < 1.29 is 4.79 Å². The summed E-state index contributed by atoms with van der Waals surface area (Å²) in [6, 6.07) is 1.65. The monoisotopic (exact) mass is 182 g/mol. The maximum Gasteiger partial charge on any atom is 0.210 e. The zero-order valence-corrected chi connectivity index (χ0v) is 8.58. The number of nitrogens with zero attached hydrogens (tertiary/aromatic N) is 1. The van der Waals surface area contributed by atoms with Crippen LogP contribution in [0.15, 0.2) is 0 Å². The number of carbonyl (C=O) groups excluding carboxylic acids is 1. The van der Waals surface area contributed by atoms with Crippen molar-refractivity contribution >= 4 is 6.41 Å². The van der Waals surface area contributed by atoms with E-state index in [0.717, 1.165) is 6.41 Å². The van der Waals surface area contributed by atoms with E-state index < -0.39 is 0 Å². The van der Waals surface area contributed by atoms with Crippen molar-refractivity contribution in [2.75, 3.05) is 7.05 Å². The minimum atomic E-state index is 0.383. The molecule has 3 nitrogen and oxygen atoms in total. The second-order valence-corrected chi connectivity index (χ2v) is 4.79. The zero-order valence-electron chi connectivity index (χ0n) is 8.58. The molecular weight excluding hydrogens is 164 g/mol. The molecule has 0 spiro atoms. The Kier molecular flexibility index (Phi) is 1.88. The smallest absolute Gasteiger partial charge is 0.210 e. The average Bonchev–Trinajstić information content (AvgIpc) is 2.71. The predicted molar refractivity (Wildman–Crippen MR) is 51.3 cm³/mol. The molecule has 74 valence electrons. The zero-order chi connectivity index (χ0) is 9.64. The predicted octanol–water partition coefficient (Wildman–Crippen LogP) is 0.604. The lowest BCUT2D eigenvalue weighted by atomic mass is 9.64. The van der Waals surface area contributed by atoms with Crippen LogP contribution >= 0.6 is 0 Å².